The molecule has 0 saturated heterocycles. The minimum atomic E-state index is 0.0890. The van der Waals surface area contributed by atoms with Crippen LogP contribution in [0, 0.1) is 6.92 Å². The average molecular weight is 325 g/mol. The molecule has 1 aromatic carbocycles. The fraction of sp³-hybridized carbons (Fsp3) is 0.400. The van der Waals surface area contributed by atoms with E-state index in [4.69, 9.17) is 0 Å². The summed E-state index contributed by atoms with van der Waals surface area (Å²) in [6, 6.07) is 5.96. The first kappa shape index (κ1) is 15.8. The van der Waals surface area contributed by atoms with Gasteiger partial charge in [0, 0.05) is 23.2 Å². The molecule has 1 aromatic rings. The summed E-state index contributed by atoms with van der Waals surface area (Å²) < 4.78 is 1.07. The van der Waals surface area contributed by atoms with Gasteiger partial charge in [0.25, 0.3) is 0 Å². The first-order valence-electron chi connectivity index (χ1n) is 6.36. The molecule has 4 heteroatoms. The Hall–Kier alpha value is -1.29. The number of likely N-dealkylation sites (N-methyl/N-ethyl adjacent to an activating group) is 1. The van der Waals surface area contributed by atoms with E-state index in [2.05, 4.69) is 27.8 Å². The van der Waals surface area contributed by atoms with Gasteiger partial charge in [0.2, 0.25) is 5.91 Å². The largest absolute Gasteiger partial charge is 0.376 e. The van der Waals surface area contributed by atoms with Crippen molar-refractivity contribution >= 4 is 27.5 Å². The monoisotopic (exact) mass is 324 g/mol. The Morgan fingerprint density at radius 1 is 1.47 bits per heavy atom. The van der Waals surface area contributed by atoms with Crippen LogP contribution in [-0.4, -0.2) is 30.4 Å². The number of amides is 1. The van der Waals surface area contributed by atoms with Crippen LogP contribution in [0.1, 0.15) is 19.4 Å². The molecule has 0 fully saturated rings. The molecule has 1 N–H and O–H groups in total. The Morgan fingerprint density at radius 2 is 2.16 bits per heavy atom. The van der Waals surface area contributed by atoms with E-state index in [9.17, 15) is 4.79 Å². The molecule has 1 amide bonds. The summed E-state index contributed by atoms with van der Waals surface area (Å²) in [7, 11) is 0. The van der Waals surface area contributed by atoms with E-state index in [1.807, 2.05) is 39.0 Å². The maximum absolute atomic E-state index is 12.0. The highest BCUT2D eigenvalue weighted by Crippen LogP contribution is 2.19. The van der Waals surface area contributed by atoms with Crippen molar-refractivity contribution in [3.8, 4) is 0 Å². The van der Waals surface area contributed by atoms with Gasteiger partial charge in [-0.15, -0.1) is 0 Å². The molecule has 104 valence electrons. The van der Waals surface area contributed by atoms with Crippen LogP contribution in [-0.2, 0) is 4.79 Å². The van der Waals surface area contributed by atoms with Crippen molar-refractivity contribution in [2.45, 2.75) is 20.8 Å². The van der Waals surface area contributed by atoms with Gasteiger partial charge in [-0.25, -0.2) is 0 Å². The average Bonchev–Trinajstić information content (AvgIpc) is 2.36. The van der Waals surface area contributed by atoms with Crippen LogP contribution in [0.15, 0.2) is 34.8 Å². The fourth-order valence-corrected chi connectivity index (χ4v) is 1.99. The zero-order chi connectivity index (χ0) is 14.4. The Labute approximate surface area is 123 Å². The number of nitrogens with one attached hydrogen (secondary N) is 1. The second kappa shape index (κ2) is 7.34. The summed E-state index contributed by atoms with van der Waals surface area (Å²) >= 11 is 3.46. The number of nitrogens with zero attached hydrogens (tertiary/aromatic N) is 1. The van der Waals surface area contributed by atoms with Crippen LogP contribution >= 0.6 is 15.9 Å². The standard InChI is InChI=1S/C15H21BrN2O/c1-5-18(10-11(2)3)15(19)9-17-13-6-7-14(16)12(4)8-13/h6-8,17H,2,5,9-10H2,1,3-4H3. The molecule has 3 nitrogen and oxygen atoms in total. The molecule has 0 aliphatic rings. The van der Waals surface area contributed by atoms with Gasteiger partial charge in [-0.05, 0) is 44.5 Å². The molecule has 0 saturated carbocycles. The van der Waals surface area contributed by atoms with Gasteiger partial charge in [0.1, 0.15) is 0 Å². The maximum Gasteiger partial charge on any atom is 0.242 e. The number of hydrogen-bond donors (Lipinski definition) is 1. The molecule has 0 bridgehead atoms. The number of carbonyl (C=O) groups excluding carboxylic acids is 1. The summed E-state index contributed by atoms with van der Waals surface area (Å²) in [4.78, 5) is 13.8. The lowest BCUT2D eigenvalue weighted by Crippen LogP contribution is -2.36. The minimum Gasteiger partial charge on any atom is -0.376 e. The summed E-state index contributed by atoms with van der Waals surface area (Å²) in [5.41, 5.74) is 3.10. The van der Waals surface area contributed by atoms with Crippen molar-refractivity contribution < 1.29 is 4.79 Å². The van der Waals surface area contributed by atoms with Crippen LogP contribution in [0.25, 0.3) is 0 Å². The normalized spacial score (nSPS) is 10.1. The Bertz CT molecular complexity index is 471. The highest BCUT2D eigenvalue weighted by Gasteiger charge is 2.11. The van der Waals surface area contributed by atoms with Crippen LogP contribution in [0.5, 0.6) is 0 Å². The predicted molar refractivity (Wildman–Crippen MR) is 84.4 cm³/mol. The molecule has 19 heavy (non-hydrogen) atoms. The second-order valence-corrected chi connectivity index (χ2v) is 5.54. The van der Waals surface area contributed by atoms with E-state index < -0.39 is 0 Å². The molecule has 0 spiro atoms. The quantitative estimate of drug-likeness (QED) is 0.811. The van der Waals surface area contributed by atoms with E-state index in [0.29, 0.717) is 19.6 Å². The summed E-state index contributed by atoms with van der Waals surface area (Å²) in [6.45, 7) is 11.4. The topological polar surface area (TPSA) is 32.3 Å². The van der Waals surface area contributed by atoms with Gasteiger partial charge in [0.05, 0.1) is 6.54 Å². The minimum absolute atomic E-state index is 0.0890. The van der Waals surface area contributed by atoms with Crippen molar-refractivity contribution in [2.24, 2.45) is 0 Å². The molecule has 0 radical (unpaired) electrons. The zero-order valence-corrected chi connectivity index (χ0v) is 13.4. The van der Waals surface area contributed by atoms with Crippen molar-refractivity contribution in [3.63, 3.8) is 0 Å². The van der Waals surface area contributed by atoms with Crippen LogP contribution < -0.4 is 5.32 Å². The molecule has 0 aliphatic heterocycles. The Balaban J connectivity index is 2.57. The molecule has 0 heterocycles. The van der Waals surface area contributed by atoms with Crippen molar-refractivity contribution in [1.82, 2.24) is 4.90 Å². The van der Waals surface area contributed by atoms with Crippen molar-refractivity contribution in [2.75, 3.05) is 25.0 Å². The van der Waals surface area contributed by atoms with Crippen LogP contribution in [0.2, 0.25) is 0 Å². The Morgan fingerprint density at radius 3 is 2.68 bits per heavy atom. The molecule has 0 unspecified atom stereocenters. The number of aryl methyl sites for hydroxylation is 1. The smallest absolute Gasteiger partial charge is 0.242 e. The lowest BCUT2D eigenvalue weighted by molar-refractivity contribution is -0.128. The third-order valence-corrected chi connectivity index (χ3v) is 3.69. The lowest BCUT2D eigenvalue weighted by atomic mass is 10.2. The van der Waals surface area contributed by atoms with E-state index in [1.165, 1.54) is 0 Å². The lowest BCUT2D eigenvalue weighted by Gasteiger charge is -2.21. The summed E-state index contributed by atoms with van der Waals surface area (Å²) in [5, 5.41) is 3.16. The third-order valence-electron chi connectivity index (χ3n) is 2.80. The van der Waals surface area contributed by atoms with Crippen molar-refractivity contribution in [1.29, 1.82) is 0 Å². The number of carbonyl (C=O) groups is 1. The second-order valence-electron chi connectivity index (χ2n) is 4.68. The number of anilines is 1. The van der Waals surface area contributed by atoms with E-state index in [1.54, 1.807) is 4.90 Å². The number of hydrogen-bond acceptors (Lipinski definition) is 2. The van der Waals surface area contributed by atoms with Crippen LogP contribution in [0.3, 0.4) is 0 Å². The van der Waals surface area contributed by atoms with Gasteiger partial charge in [-0.3, -0.25) is 4.79 Å². The first-order chi connectivity index (χ1) is 8.93. The first-order valence-corrected chi connectivity index (χ1v) is 7.15. The van der Waals surface area contributed by atoms with E-state index in [-0.39, 0.29) is 5.91 Å². The summed E-state index contributed by atoms with van der Waals surface area (Å²) in [6.07, 6.45) is 0. The SMILES string of the molecule is C=C(C)CN(CC)C(=O)CNc1ccc(Br)c(C)c1. The van der Waals surface area contributed by atoms with Crippen LogP contribution in [0.4, 0.5) is 5.69 Å². The molecule has 0 atom stereocenters. The molecule has 1 rings (SSSR count). The van der Waals surface area contributed by atoms with Gasteiger partial charge in [-0.2, -0.15) is 0 Å². The van der Waals surface area contributed by atoms with Crippen molar-refractivity contribution in [3.05, 3.63) is 40.4 Å². The highest BCUT2D eigenvalue weighted by atomic mass is 79.9. The van der Waals surface area contributed by atoms with Gasteiger partial charge < -0.3 is 10.2 Å². The van der Waals surface area contributed by atoms with Gasteiger partial charge in [-0.1, -0.05) is 28.1 Å². The highest BCUT2D eigenvalue weighted by molar-refractivity contribution is 9.10. The zero-order valence-electron chi connectivity index (χ0n) is 11.8. The molecular weight excluding hydrogens is 304 g/mol. The van der Waals surface area contributed by atoms with E-state index >= 15 is 0 Å². The number of rotatable bonds is 6. The maximum atomic E-state index is 12.0. The fourth-order valence-electron chi connectivity index (χ4n) is 1.75. The molecular formula is C15H21BrN2O. The van der Waals surface area contributed by atoms with E-state index in [0.717, 1.165) is 21.3 Å². The predicted octanol–water partition coefficient (Wildman–Crippen LogP) is 3.59. The van der Waals surface area contributed by atoms with Gasteiger partial charge in [0.15, 0.2) is 0 Å². The number of halogens is 1. The number of benzene rings is 1. The third kappa shape index (κ3) is 5.07. The molecule has 0 aliphatic carbocycles. The van der Waals surface area contributed by atoms with Gasteiger partial charge >= 0.3 is 0 Å². The molecule has 0 aromatic heterocycles. The summed E-state index contributed by atoms with van der Waals surface area (Å²) in [5.74, 6) is 0.0890. The Kier molecular flexibility index (Phi) is 6.09.